The summed E-state index contributed by atoms with van der Waals surface area (Å²) in [5.74, 6) is 0.130. The van der Waals surface area contributed by atoms with Gasteiger partial charge in [0.1, 0.15) is 0 Å². The Morgan fingerprint density at radius 2 is 1.74 bits per heavy atom. The van der Waals surface area contributed by atoms with Crippen LogP contribution >= 0.6 is 0 Å². The van der Waals surface area contributed by atoms with E-state index in [0.29, 0.717) is 11.5 Å². The molecule has 27 heavy (non-hydrogen) atoms. The van der Waals surface area contributed by atoms with Gasteiger partial charge in [-0.2, -0.15) is 0 Å². The van der Waals surface area contributed by atoms with E-state index in [9.17, 15) is 13.2 Å². The van der Waals surface area contributed by atoms with Crippen molar-refractivity contribution in [2.24, 2.45) is 0 Å². The van der Waals surface area contributed by atoms with Gasteiger partial charge in [-0.25, -0.2) is 8.42 Å². The minimum Gasteiger partial charge on any atom is -0.493 e. The van der Waals surface area contributed by atoms with Crippen LogP contribution < -0.4 is 19.1 Å². The largest absolute Gasteiger partial charge is 0.493 e. The van der Waals surface area contributed by atoms with Crippen LogP contribution in [0.4, 0.5) is 5.69 Å². The van der Waals surface area contributed by atoms with E-state index in [2.05, 4.69) is 10.3 Å². The second kappa shape index (κ2) is 8.72. The molecule has 0 saturated heterocycles. The third kappa shape index (κ3) is 4.68. The highest BCUT2D eigenvalue weighted by Crippen LogP contribution is 2.35. The number of carbonyl (C=O) groups is 1. The zero-order chi connectivity index (χ0) is 20.0. The number of methoxy groups -OCH3 is 2. The lowest BCUT2D eigenvalue weighted by Crippen LogP contribution is -2.31. The molecule has 0 radical (unpaired) electrons. The van der Waals surface area contributed by atoms with Crippen LogP contribution in [0, 0.1) is 0 Å². The number of carbonyl (C=O) groups excluding carboxylic acids is 1. The average Bonchev–Trinajstić information content (AvgIpc) is 2.71. The maximum atomic E-state index is 12.8. The Bertz CT molecular complexity index is 901. The zero-order valence-electron chi connectivity index (χ0n) is 15.7. The molecule has 1 amide bonds. The molecule has 9 heteroatoms. The number of nitrogens with zero attached hydrogens (tertiary/aromatic N) is 2. The predicted molar refractivity (Wildman–Crippen MR) is 103 cm³/mol. The molecule has 0 aliphatic carbocycles. The SMILES string of the molecule is CCS(=O)(=O)N(C)c1cc(OC)c(OC)cc1C(=O)NCc1ccncc1. The smallest absolute Gasteiger partial charge is 0.253 e. The molecule has 0 fully saturated rings. The summed E-state index contributed by atoms with van der Waals surface area (Å²) in [7, 11) is 0.723. The van der Waals surface area contributed by atoms with Gasteiger partial charge in [0.2, 0.25) is 10.0 Å². The molecule has 1 aromatic carbocycles. The van der Waals surface area contributed by atoms with Crippen LogP contribution in [0.15, 0.2) is 36.7 Å². The first-order valence-corrected chi connectivity index (χ1v) is 9.84. The molecular weight excluding hydrogens is 370 g/mol. The normalized spacial score (nSPS) is 11.0. The molecule has 1 heterocycles. The van der Waals surface area contributed by atoms with E-state index < -0.39 is 15.9 Å². The number of rotatable bonds is 8. The van der Waals surface area contributed by atoms with Gasteiger partial charge < -0.3 is 14.8 Å². The van der Waals surface area contributed by atoms with Crippen molar-refractivity contribution in [3.63, 3.8) is 0 Å². The van der Waals surface area contributed by atoms with Gasteiger partial charge in [-0.05, 0) is 30.7 Å². The van der Waals surface area contributed by atoms with E-state index >= 15 is 0 Å². The standard InChI is InChI=1S/C18H23N3O5S/c1-5-27(23,24)21(2)15-11-17(26-4)16(25-3)10-14(15)18(22)20-12-13-6-8-19-9-7-13/h6-11H,5,12H2,1-4H3,(H,20,22). The average molecular weight is 393 g/mol. The first kappa shape index (κ1) is 20.5. The number of nitrogens with one attached hydrogen (secondary N) is 1. The van der Waals surface area contributed by atoms with E-state index in [0.717, 1.165) is 9.87 Å². The van der Waals surface area contributed by atoms with Crippen LogP contribution in [0.3, 0.4) is 0 Å². The zero-order valence-corrected chi connectivity index (χ0v) is 16.5. The highest BCUT2D eigenvalue weighted by molar-refractivity contribution is 7.92. The number of hydrogen-bond acceptors (Lipinski definition) is 6. The molecule has 146 valence electrons. The summed E-state index contributed by atoms with van der Waals surface area (Å²) in [6.45, 7) is 1.81. The van der Waals surface area contributed by atoms with Crippen molar-refractivity contribution in [1.82, 2.24) is 10.3 Å². The topological polar surface area (TPSA) is 97.8 Å². The van der Waals surface area contributed by atoms with E-state index in [4.69, 9.17) is 9.47 Å². The van der Waals surface area contributed by atoms with Gasteiger partial charge in [-0.1, -0.05) is 0 Å². The Hall–Kier alpha value is -2.81. The molecule has 0 saturated carbocycles. The van der Waals surface area contributed by atoms with E-state index in [1.807, 2.05) is 0 Å². The quantitative estimate of drug-likeness (QED) is 0.735. The van der Waals surface area contributed by atoms with Crippen LogP contribution in [-0.2, 0) is 16.6 Å². The number of hydrogen-bond donors (Lipinski definition) is 1. The number of anilines is 1. The Labute approximate surface area is 159 Å². The summed E-state index contributed by atoms with van der Waals surface area (Å²) in [4.78, 5) is 16.7. The van der Waals surface area contributed by atoms with Crippen molar-refractivity contribution < 1.29 is 22.7 Å². The lowest BCUT2D eigenvalue weighted by molar-refractivity contribution is 0.0951. The lowest BCUT2D eigenvalue weighted by Gasteiger charge is -2.23. The monoisotopic (exact) mass is 393 g/mol. The Morgan fingerprint density at radius 1 is 1.15 bits per heavy atom. The summed E-state index contributed by atoms with van der Waals surface area (Å²) >= 11 is 0. The summed E-state index contributed by atoms with van der Waals surface area (Å²) in [6.07, 6.45) is 3.26. The van der Waals surface area contributed by atoms with E-state index in [1.165, 1.54) is 40.3 Å². The highest BCUT2D eigenvalue weighted by Gasteiger charge is 2.24. The van der Waals surface area contributed by atoms with Gasteiger partial charge in [0.15, 0.2) is 11.5 Å². The van der Waals surface area contributed by atoms with Crippen molar-refractivity contribution in [3.8, 4) is 11.5 Å². The summed E-state index contributed by atoms with van der Waals surface area (Å²) in [5, 5.41) is 2.78. The van der Waals surface area contributed by atoms with Crippen molar-refractivity contribution in [2.45, 2.75) is 13.5 Å². The summed E-state index contributed by atoms with van der Waals surface area (Å²) in [6, 6.07) is 6.51. The number of sulfonamides is 1. The third-order valence-electron chi connectivity index (χ3n) is 4.07. The molecule has 2 aromatic rings. The van der Waals surface area contributed by atoms with Gasteiger partial charge in [0.05, 0.1) is 31.2 Å². The molecule has 1 aromatic heterocycles. The number of amides is 1. The molecule has 0 bridgehead atoms. The minimum absolute atomic E-state index is 0.101. The Balaban J connectivity index is 2.44. The Morgan fingerprint density at radius 3 is 2.30 bits per heavy atom. The Kier molecular flexibility index (Phi) is 6.62. The second-order valence-electron chi connectivity index (χ2n) is 5.63. The number of pyridine rings is 1. The predicted octanol–water partition coefficient (Wildman–Crippen LogP) is 1.81. The van der Waals surface area contributed by atoms with Gasteiger partial charge in [-0.3, -0.25) is 14.1 Å². The molecule has 0 spiro atoms. The fraction of sp³-hybridized carbons (Fsp3) is 0.333. The first-order valence-electron chi connectivity index (χ1n) is 8.23. The molecule has 0 unspecified atom stereocenters. The molecular formula is C18H23N3O5S. The minimum atomic E-state index is -3.57. The maximum absolute atomic E-state index is 12.8. The molecule has 8 nitrogen and oxygen atoms in total. The summed E-state index contributed by atoms with van der Waals surface area (Å²) < 4.78 is 36.2. The molecule has 1 N–H and O–H groups in total. The summed E-state index contributed by atoms with van der Waals surface area (Å²) in [5.41, 5.74) is 1.25. The number of ether oxygens (including phenoxy) is 2. The molecule has 0 aliphatic rings. The lowest BCUT2D eigenvalue weighted by atomic mass is 10.1. The van der Waals surface area contributed by atoms with Gasteiger partial charge in [0, 0.05) is 32.1 Å². The van der Waals surface area contributed by atoms with Crippen LogP contribution in [-0.4, -0.2) is 46.3 Å². The van der Waals surface area contributed by atoms with Gasteiger partial charge in [0.25, 0.3) is 5.91 Å². The number of benzene rings is 1. The van der Waals surface area contributed by atoms with E-state index in [-0.39, 0.29) is 23.5 Å². The first-order chi connectivity index (χ1) is 12.8. The fourth-order valence-corrected chi connectivity index (χ4v) is 3.27. The fourth-order valence-electron chi connectivity index (χ4n) is 2.43. The van der Waals surface area contributed by atoms with Crippen LogP contribution in [0.25, 0.3) is 0 Å². The van der Waals surface area contributed by atoms with Gasteiger partial charge >= 0.3 is 0 Å². The van der Waals surface area contributed by atoms with Crippen molar-refractivity contribution in [2.75, 3.05) is 31.3 Å². The van der Waals surface area contributed by atoms with Crippen LogP contribution in [0.1, 0.15) is 22.8 Å². The van der Waals surface area contributed by atoms with Crippen molar-refractivity contribution in [3.05, 3.63) is 47.8 Å². The molecule has 0 aliphatic heterocycles. The second-order valence-corrected chi connectivity index (χ2v) is 7.92. The molecule has 2 rings (SSSR count). The van der Waals surface area contributed by atoms with Crippen LogP contribution in [0.2, 0.25) is 0 Å². The number of aromatic nitrogens is 1. The van der Waals surface area contributed by atoms with E-state index in [1.54, 1.807) is 24.5 Å². The maximum Gasteiger partial charge on any atom is 0.253 e. The third-order valence-corrected chi connectivity index (χ3v) is 5.83. The van der Waals surface area contributed by atoms with Crippen LogP contribution in [0.5, 0.6) is 11.5 Å². The van der Waals surface area contributed by atoms with Gasteiger partial charge in [-0.15, -0.1) is 0 Å². The van der Waals surface area contributed by atoms with Crippen molar-refractivity contribution >= 4 is 21.6 Å². The highest BCUT2D eigenvalue weighted by atomic mass is 32.2. The molecule has 0 atom stereocenters. The van der Waals surface area contributed by atoms with Crippen molar-refractivity contribution in [1.29, 1.82) is 0 Å².